The summed E-state index contributed by atoms with van der Waals surface area (Å²) in [5.41, 5.74) is 1.02. The summed E-state index contributed by atoms with van der Waals surface area (Å²) in [5, 5.41) is 0. The summed E-state index contributed by atoms with van der Waals surface area (Å²) in [6, 6.07) is 0. The Morgan fingerprint density at radius 3 is 1.78 bits per heavy atom. The maximum absolute atomic E-state index is 2.37. The van der Waals surface area contributed by atoms with Crippen molar-refractivity contribution in [3.8, 4) is 0 Å². The monoisotopic (exact) mass is 144 g/mol. The van der Waals surface area contributed by atoms with Gasteiger partial charge in [0, 0.05) is 10.2 Å². The van der Waals surface area contributed by atoms with Crippen molar-refractivity contribution in [2.24, 2.45) is 11.8 Å². The van der Waals surface area contributed by atoms with Crippen molar-refractivity contribution in [3.63, 3.8) is 0 Å². The molecular formula is C8H20Si. The first kappa shape index (κ1) is 9.22. The molecule has 0 aliphatic heterocycles. The Bertz CT molecular complexity index is 69.0. The van der Waals surface area contributed by atoms with E-state index in [1.165, 1.54) is 16.7 Å². The molecule has 0 rings (SSSR count). The van der Waals surface area contributed by atoms with Crippen LogP contribution in [0.4, 0.5) is 0 Å². The molecule has 0 spiro atoms. The first-order valence-electron chi connectivity index (χ1n) is 4.09. The summed E-state index contributed by atoms with van der Waals surface area (Å²) in [6.45, 7) is 9.34. The molecule has 2 atom stereocenters. The highest BCUT2D eigenvalue weighted by molar-refractivity contribution is 6.11. The van der Waals surface area contributed by atoms with Crippen LogP contribution in [-0.4, -0.2) is 10.2 Å². The molecule has 9 heavy (non-hydrogen) atoms. The molecule has 0 N–H and O–H groups in total. The van der Waals surface area contributed by atoms with Crippen LogP contribution in [0.15, 0.2) is 0 Å². The molecule has 0 fully saturated rings. The fourth-order valence-electron chi connectivity index (χ4n) is 1.03. The Morgan fingerprint density at radius 1 is 1.22 bits per heavy atom. The number of rotatable bonds is 3. The number of hydrogen-bond acceptors (Lipinski definition) is 0. The minimum absolute atomic E-state index is 0.909. The Hall–Kier alpha value is 0.217. The molecule has 0 aromatic heterocycles. The molecule has 0 heterocycles. The lowest BCUT2D eigenvalue weighted by Crippen LogP contribution is -2.10. The fraction of sp³-hybridized carbons (Fsp3) is 1.00. The summed E-state index contributed by atoms with van der Waals surface area (Å²) < 4.78 is 0. The summed E-state index contributed by atoms with van der Waals surface area (Å²) in [4.78, 5) is 0. The minimum atomic E-state index is 0.909. The lowest BCUT2D eigenvalue weighted by atomic mass is 9.96. The minimum Gasteiger partial charge on any atom is -0.0651 e. The predicted octanol–water partition coefficient (Wildman–Crippen LogP) is 1.84. The average Bonchev–Trinajstić information content (AvgIpc) is 1.84. The third-order valence-corrected chi connectivity index (χ3v) is 5.06. The molecule has 0 bridgehead atoms. The molecule has 0 radical (unpaired) electrons. The molecule has 0 aromatic carbocycles. The van der Waals surface area contributed by atoms with E-state index in [1.54, 1.807) is 0 Å². The molecule has 56 valence electrons. The van der Waals surface area contributed by atoms with Crippen LogP contribution in [0, 0.1) is 11.8 Å². The molecule has 0 aromatic rings. The summed E-state index contributed by atoms with van der Waals surface area (Å²) in [6.07, 6.45) is 1.35. The predicted molar refractivity (Wildman–Crippen MR) is 48.0 cm³/mol. The average molecular weight is 144 g/mol. The second-order valence-electron chi connectivity index (χ2n) is 3.49. The van der Waals surface area contributed by atoms with E-state index >= 15 is 0 Å². The third kappa shape index (κ3) is 3.04. The van der Waals surface area contributed by atoms with Crippen LogP contribution >= 0.6 is 0 Å². The lowest BCUT2D eigenvalue weighted by Gasteiger charge is -2.21. The van der Waals surface area contributed by atoms with Crippen molar-refractivity contribution in [2.45, 2.75) is 39.7 Å². The van der Waals surface area contributed by atoms with Crippen LogP contribution in [-0.2, 0) is 0 Å². The molecule has 1 heteroatoms. The van der Waals surface area contributed by atoms with Crippen molar-refractivity contribution in [1.82, 2.24) is 0 Å². The van der Waals surface area contributed by atoms with Crippen LogP contribution in [0.2, 0.25) is 5.54 Å². The van der Waals surface area contributed by atoms with Gasteiger partial charge >= 0.3 is 0 Å². The molecule has 0 saturated carbocycles. The Morgan fingerprint density at radius 2 is 1.67 bits per heavy atom. The topological polar surface area (TPSA) is 0 Å². The van der Waals surface area contributed by atoms with Crippen LogP contribution in [0.1, 0.15) is 34.1 Å². The van der Waals surface area contributed by atoms with Gasteiger partial charge in [-0.1, -0.05) is 34.1 Å². The summed E-state index contributed by atoms with van der Waals surface area (Å²) in [7, 11) is 1.37. The van der Waals surface area contributed by atoms with Crippen molar-refractivity contribution in [2.75, 3.05) is 0 Å². The standard InChI is InChI=1S/C8H20Si/c1-5-7(4)8(9)6(2)3/h6-8H,5H2,1-4,9H3. The smallest absolute Gasteiger partial charge is 0.00739 e. The van der Waals surface area contributed by atoms with E-state index in [-0.39, 0.29) is 0 Å². The van der Waals surface area contributed by atoms with Gasteiger partial charge < -0.3 is 0 Å². The normalized spacial score (nSPS) is 18.3. The molecular weight excluding hydrogens is 124 g/mol. The van der Waals surface area contributed by atoms with Gasteiger partial charge in [0.2, 0.25) is 0 Å². The van der Waals surface area contributed by atoms with E-state index in [9.17, 15) is 0 Å². The second kappa shape index (κ2) is 4.10. The van der Waals surface area contributed by atoms with Gasteiger partial charge in [-0.3, -0.25) is 0 Å². The van der Waals surface area contributed by atoms with Crippen molar-refractivity contribution in [1.29, 1.82) is 0 Å². The van der Waals surface area contributed by atoms with Crippen LogP contribution in [0.3, 0.4) is 0 Å². The molecule has 2 unspecified atom stereocenters. The van der Waals surface area contributed by atoms with Gasteiger partial charge in [0.15, 0.2) is 0 Å². The molecule has 0 nitrogen and oxygen atoms in total. The highest BCUT2D eigenvalue weighted by Crippen LogP contribution is 2.25. The Labute approximate surface area is 62.5 Å². The Balaban J connectivity index is 3.58. The van der Waals surface area contributed by atoms with Crippen molar-refractivity contribution < 1.29 is 0 Å². The maximum atomic E-state index is 2.37. The highest BCUT2D eigenvalue weighted by atomic mass is 28.1. The maximum Gasteiger partial charge on any atom is 0.00739 e. The van der Waals surface area contributed by atoms with Gasteiger partial charge in [-0.05, 0) is 17.4 Å². The van der Waals surface area contributed by atoms with Crippen LogP contribution in [0.25, 0.3) is 0 Å². The van der Waals surface area contributed by atoms with E-state index in [0.717, 1.165) is 17.4 Å². The van der Waals surface area contributed by atoms with E-state index in [4.69, 9.17) is 0 Å². The van der Waals surface area contributed by atoms with E-state index < -0.39 is 0 Å². The van der Waals surface area contributed by atoms with Gasteiger partial charge in [-0.25, -0.2) is 0 Å². The van der Waals surface area contributed by atoms with E-state index in [1.807, 2.05) is 0 Å². The highest BCUT2D eigenvalue weighted by Gasteiger charge is 2.12. The van der Waals surface area contributed by atoms with Gasteiger partial charge in [-0.2, -0.15) is 0 Å². The first-order chi connectivity index (χ1) is 4.09. The zero-order valence-corrected chi connectivity index (χ0v) is 9.44. The quantitative estimate of drug-likeness (QED) is 0.530. The first-order valence-corrected chi connectivity index (χ1v) is 5.25. The van der Waals surface area contributed by atoms with Crippen molar-refractivity contribution >= 4 is 10.2 Å². The number of hydrogen-bond donors (Lipinski definition) is 0. The van der Waals surface area contributed by atoms with E-state index in [2.05, 4.69) is 27.7 Å². The SMILES string of the molecule is CCC(C)C([SiH3])C(C)C. The molecule has 0 aliphatic carbocycles. The molecule has 0 amide bonds. The summed E-state index contributed by atoms with van der Waals surface area (Å²) >= 11 is 0. The second-order valence-corrected chi connectivity index (χ2v) is 4.82. The largest absolute Gasteiger partial charge is 0.0651 e. The van der Waals surface area contributed by atoms with Crippen LogP contribution in [0.5, 0.6) is 0 Å². The van der Waals surface area contributed by atoms with E-state index in [0.29, 0.717) is 0 Å². The van der Waals surface area contributed by atoms with Gasteiger partial charge in [-0.15, -0.1) is 0 Å². The lowest BCUT2D eigenvalue weighted by molar-refractivity contribution is 0.429. The Kier molecular flexibility index (Phi) is 4.20. The van der Waals surface area contributed by atoms with Gasteiger partial charge in [0.25, 0.3) is 0 Å². The summed E-state index contributed by atoms with van der Waals surface area (Å²) in [5.74, 6) is 1.86. The van der Waals surface area contributed by atoms with Gasteiger partial charge in [0.1, 0.15) is 0 Å². The van der Waals surface area contributed by atoms with Gasteiger partial charge in [0.05, 0.1) is 0 Å². The third-order valence-electron chi connectivity index (χ3n) is 2.59. The zero-order chi connectivity index (χ0) is 7.44. The van der Waals surface area contributed by atoms with Crippen LogP contribution < -0.4 is 0 Å². The zero-order valence-electron chi connectivity index (χ0n) is 7.44. The molecule has 0 aliphatic rings. The fourth-order valence-corrected chi connectivity index (χ4v) is 1.50. The molecule has 0 saturated heterocycles. The van der Waals surface area contributed by atoms with Crippen molar-refractivity contribution in [3.05, 3.63) is 0 Å².